The average molecular weight is 340 g/mol. The van der Waals surface area contributed by atoms with Gasteiger partial charge in [-0.1, -0.05) is 0 Å². The molecule has 0 saturated carbocycles. The van der Waals surface area contributed by atoms with Crippen LogP contribution in [0, 0.1) is 0 Å². The zero-order valence-electron chi connectivity index (χ0n) is 15.0. The Morgan fingerprint density at radius 3 is 2.79 bits per heavy atom. The van der Waals surface area contributed by atoms with E-state index in [1.807, 2.05) is 18.7 Å². The summed E-state index contributed by atoms with van der Waals surface area (Å²) in [5.74, 6) is 0.832. The quantitative estimate of drug-likeness (QED) is 0.677. The van der Waals surface area contributed by atoms with Crippen LogP contribution in [-0.4, -0.2) is 65.2 Å². The van der Waals surface area contributed by atoms with Crippen molar-refractivity contribution in [2.24, 2.45) is 7.05 Å². The lowest BCUT2D eigenvalue weighted by Gasteiger charge is -2.32. The van der Waals surface area contributed by atoms with Crippen molar-refractivity contribution in [3.8, 4) is 0 Å². The SMILES string of the molecule is COCCOCC(=O)N1CCCC(c2nn(C)c(=O)n2C(C)C)C1. The minimum Gasteiger partial charge on any atom is -0.382 e. The predicted octanol–water partition coefficient (Wildman–Crippen LogP) is 0.532. The van der Waals surface area contributed by atoms with Crippen LogP contribution in [0.2, 0.25) is 0 Å². The number of hydrogen-bond donors (Lipinski definition) is 0. The fourth-order valence-electron chi connectivity index (χ4n) is 3.07. The second-order valence-corrected chi connectivity index (χ2v) is 6.45. The van der Waals surface area contributed by atoms with Gasteiger partial charge in [0.1, 0.15) is 12.4 Å². The fraction of sp³-hybridized carbons (Fsp3) is 0.812. The molecule has 1 aromatic rings. The second kappa shape index (κ2) is 8.43. The van der Waals surface area contributed by atoms with Crippen LogP contribution in [0.25, 0.3) is 0 Å². The van der Waals surface area contributed by atoms with Crippen LogP contribution in [0.3, 0.4) is 0 Å². The smallest absolute Gasteiger partial charge is 0.345 e. The van der Waals surface area contributed by atoms with Gasteiger partial charge in [-0.15, -0.1) is 0 Å². The van der Waals surface area contributed by atoms with E-state index in [9.17, 15) is 9.59 Å². The number of methoxy groups -OCH3 is 1. The summed E-state index contributed by atoms with van der Waals surface area (Å²) in [5, 5.41) is 4.42. The molecule has 1 fully saturated rings. The van der Waals surface area contributed by atoms with E-state index in [-0.39, 0.29) is 30.2 Å². The van der Waals surface area contributed by atoms with Crippen LogP contribution >= 0.6 is 0 Å². The molecule has 0 bridgehead atoms. The summed E-state index contributed by atoms with van der Waals surface area (Å²) in [6.45, 7) is 6.20. The molecule has 8 nitrogen and oxygen atoms in total. The monoisotopic (exact) mass is 340 g/mol. The van der Waals surface area contributed by atoms with Crippen LogP contribution in [-0.2, 0) is 21.3 Å². The topological polar surface area (TPSA) is 78.6 Å². The molecule has 1 unspecified atom stereocenters. The molecule has 0 N–H and O–H groups in total. The standard InChI is InChI=1S/C16H28N4O4/c1-12(2)20-15(17-18(3)16(20)22)13-6-5-7-19(10-13)14(21)11-24-9-8-23-4/h12-13H,5-11H2,1-4H3. The van der Waals surface area contributed by atoms with Crippen molar-refractivity contribution in [3.63, 3.8) is 0 Å². The van der Waals surface area contributed by atoms with Crippen molar-refractivity contribution in [2.45, 2.75) is 38.6 Å². The Bertz CT molecular complexity index is 608. The minimum absolute atomic E-state index is 0.0230. The Labute approximate surface area is 142 Å². The Hall–Kier alpha value is -1.67. The maximum absolute atomic E-state index is 12.3. The molecule has 8 heteroatoms. The Balaban J connectivity index is 2.04. The van der Waals surface area contributed by atoms with Crippen LogP contribution in [0.4, 0.5) is 0 Å². The van der Waals surface area contributed by atoms with E-state index in [2.05, 4.69) is 5.10 Å². The third-order valence-corrected chi connectivity index (χ3v) is 4.30. The minimum atomic E-state index is -0.105. The molecule has 0 aromatic carbocycles. The van der Waals surface area contributed by atoms with E-state index in [1.165, 1.54) is 4.68 Å². The van der Waals surface area contributed by atoms with Gasteiger partial charge in [0.15, 0.2) is 0 Å². The molecule has 24 heavy (non-hydrogen) atoms. The van der Waals surface area contributed by atoms with Gasteiger partial charge in [0.25, 0.3) is 0 Å². The number of ether oxygens (including phenoxy) is 2. The van der Waals surface area contributed by atoms with E-state index in [1.54, 1.807) is 18.7 Å². The molecule has 1 aliphatic rings. The van der Waals surface area contributed by atoms with Gasteiger partial charge in [-0.3, -0.25) is 9.36 Å². The zero-order chi connectivity index (χ0) is 17.7. The highest BCUT2D eigenvalue weighted by atomic mass is 16.5. The summed E-state index contributed by atoms with van der Waals surface area (Å²) in [4.78, 5) is 26.3. The first kappa shape index (κ1) is 18.7. The van der Waals surface area contributed by atoms with E-state index in [0.717, 1.165) is 25.2 Å². The number of amides is 1. The molecule has 1 aliphatic heterocycles. The van der Waals surface area contributed by atoms with E-state index < -0.39 is 0 Å². The van der Waals surface area contributed by atoms with Crippen molar-refractivity contribution < 1.29 is 14.3 Å². The Morgan fingerprint density at radius 2 is 2.12 bits per heavy atom. The van der Waals surface area contributed by atoms with Crippen LogP contribution in [0.5, 0.6) is 0 Å². The van der Waals surface area contributed by atoms with Gasteiger partial charge in [0, 0.05) is 39.2 Å². The van der Waals surface area contributed by atoms with Gasteiger partial charge in [0.2, 0.25) is 5.91 Å². The fourth-order valence-corrected chi connectivity index (χ4v) is 3.07. The Morgan fingerprint density at radius 1 is 1.38 bits per heavy atom. The molecule has 1 saturated heterocycles. The summed E-state index contributed by atoms with van der Waals surface area (Å²) in [7, 11) is 3.27. The number of aryl methyl sites for hydroxylation is 1. The normalized spacial score (nSPS) is 18.4. The Kier molecular flexibility index (Phi) is 6.56. The number of rotatable bonds is 7. The van der Waals surface area contributed by atoms with Crippen LogP contribution < -0.4 is 5.69 Å². The number of carbonyl (C=O) groups is 1. The molecular formula is C16H28N4O4. The first-order valence-electron chi connectivity index (χ1n) is 8.45. The first-order valence-corrected chi connectivity index (χ1v) is 8.45. The van der Waals surface area contributed by atoms with Crippen molar-refractivity contribution in [1.29, 1.82) is 0 Å². The number of likely N-dealkylation sites (tertiary alicyclic amines) is 1. The maximum atomic E-state index is 12.3. The summed E-state index contributed by atoms with van der Waals surface area (Å²) in [6.07, 6.45) is 1.83. The highest BCUT2D eigenvalue weighted by Gasteiger charge is 2.29. The number of carbonyl (C=O) groups excluding carboxylic acids is 1. The summed E-state index contributed by atoms with van der Waals surface area (Å²) < 4.78 is 13.3. The molecular weight excluding hydrogens is 312 g/mol. The summed E-state index contributed by atoms with van der Waals surface area (Å²) in [5.41, 5.74) is -0.105. The third kappa shape index (κ3) is 4.24. The lowest BCUT2D eigenvalue weighted by Crippen LogP contribution is -2.42. The largest absolute Gasteiger partial charge is 0.382 e. The highest BCUT2D eigenvalue weighted by molar-refractivity contribution is 5.77. The lowest BCUT2D eigenvalue weighted by atomic mass is 9.97. The van der Waals surface area contributed by atoms with Gasteiger partial charge >= 0.3 is 5.69 Å². The third-order valence-electron chi connectivity index (χ3n) is 4.30. The van der Waals surface area contributed by atoms with Crippen LogP contribution in [0.1, 0.15) is 44.5 Å². The van der Waals surface area contributed by atoms with Crippen molar-refractivity contribution >= 4 is 5.91 Å². The highest BCUT2D eigenvalue weighted by Crippen LogP contribution is 2.26. The van der Waals surface area contributed by atoms with E-state index in [0.29, 0.717) is 19.8 Å². The van der Waals surface area contributed by atoms with Gasteiger partial charge in [-0.05, 0) is 26.7 Å². The lowest BCUT2D eigenvalue weighted by molar-refractivity contribution is -0.137. The summed E-state index contributed by atoms with van der Waals surface area (Å²) >= 11 is 0. The second-order valence-electron chi connectivity index (χ2n) is 6.45. The van der Waals surface area contributed by atoms with Crippen LogP contribution in [0.15, 0.2) is 4.79 Å². The predicted molar refractivity (Wildman–Crippen MR) is 89.1 cm³/mol. The first-order chi connectivity index (χ1) is 11.5. The number of hydrogen-bond acceptors (Lipinski definition) is 5. The van der Waals surface area contributed by atoms with Crippen molar-refractivity contribution in [2.75, 3.05) is 40.0 Å². The molecule has 2 heterocycles. The van der Waals surface area contributed by atoms with E-state index >= 15 is 0 Å². The van der Waals surface area contributed by atoms with Gasteiger partial charge in [-0.25, -0.2) is 9.48 Å². The molecule has 2 rings (SSSR count). The molecule has 0 spiro atoms. The van der Waals surface area contributed by atoms with Gasteiger partial charge in [0.05, 0.1) is 13.2 Å². The van der Waals surface area contributed by atoms with Crippen molar-refractivity contribution in [3.05, 3.63) is 16.3 Å². The number of piperidine rings is 1. The molecule has 0 aliphatic carbocycles. The number of nitrogens with zero attached hydrogens (tertiary/aromatic N) is 4. The molecule has 1 amide bonds. The molecule has 0 radical (unpaired) electrons. The number of aromatic nitrogens is 3. The van der Waals surface area contributed by atoms with E-state index in [4.69, 9.17) is 9.47 Å². The summed E-state index contributed by atoms with van der Waals surface area (Å²) in [6, 6.07) is 0.0460. The van der Waals surface area contributed by atoms with Gasteiger partial charge < -0.3 is 14.4 Å². The molecule has 136 valence electrons. The zero-order valence-corrected chi connectivity index (χ0v) is 15.0. The molecule has 1 atom stereocenters. The molecule has 1 aromatic heterocycles. The maximum Gasteiger partial charge on any atom is 0.345 e. The average Bonchev–Trinajstić information content (AvgIpc) is 2.87. The van der Waals surface area contributed by atoms with Crippen molar-refractivity contribution in [1.82, 2.24) is 19.2 Å². The van der Waals surface area contributed by atoms with Gasteiger partial charge in [-0.2, -0.15) is 5.10 Å².